The summed E-state index contributed by atoms with van der Waals surface area (Å²) >= 11 is 0. The molecule has 0 aliphatic rings. The van der Waals surface area contributed by atoms with E-state index < -0.39 is 0 Å². The van der Waals surface area contributed by atoms with Gasteiger partial charge in [0.25, 0.3) is 0 Å². The minimum atomic E-state index is 0.509. The molecule has 3 heteroatoms. The Bertz CT molecular complexity index is 832. The fourth-order valence-corrected chi connectivity index (χ4v) is 3.00. The van der Waals surface area contributed by atoms with Gasteiger partial charge in [-0.3, -0.25) is 0 Å². The summed E-state index contributed by atoms with van der Waals surface area (Å²) in [5, 5.41) is 5.69. The molecule has 0 radical (unpaired) electrons. The highest BCUT2D eigenvalue weighted by atomic mass is 16.5. The predicted octanol–water partition coefficient (Wildman–Crippen LogP) is 5.08. The maximum Gasteiger partial charge on any atom is 0.135 e. The molecule has 0 saturated carbocycles. The van der Waals surface area contributed by atoms with E-state index >= 15 is 0 Å². The predicted molar refractivity (Wildman–Crippen MR) is 101 cm³/mol. The standard InChI is InChI=1S/C21H25NO2/c1-4-8-16-18(23-14-7-13-22-15(2)3)11-12-20-21(16)17-9-5-6-10-19(17)24-20/h4-6,9-12,15,22H,1,7-8,13-14H2,2-3H3. The Morgan fingerprint density at radius 3 is 2.79 bits per heavy atom. The van der Waals surface area contributed by atoms with Crippen molar-refractivity contribution in [2.75, 3.05) is 13.2 Å². The van der Waals surface area contributed by atoms with Crippen molar-refractivity contribution in [3.8, 4) is 5.75 Å². The molecule has 1 heterocycles. The molecule has 1 N–H and O–H groups in total. The lowest BCUT2D eigenvalue weighted by Crippen LogP contribution is -2.24. The van der Waals surface area contributed by atoms with E-state index in [4.69, 9.17) is 9.15 Å². The Balaban J connectivity index is 1.88. The monoisotopic (exact) mass is 323 g/mol. The van der Waals surface area contributed by atoms with Gasteiger partial charge in [-0.1, -0.05) is 38.1 Å². The smallest absolute Gasteiger partial charge is 0.135 e. The van der Waals surface area contributed by atoms with Gasteiger partial charge in [0.05, 0.1) is 6.61 Å². The molecule has 0 atom stereocenters. The summed E-state index contributed by atoms with van der Waals surface area (Å²) in [5.41, 5.74) is 2.97. The zero-order chi connectivity index (χ0) is 16.9. The lowest BCUT2D eigenvalue weighted by atomic mass is 10.0. The van der Waals surface area contributed by atoms with Crippen LogP contribution >= 0.6 is 0 Å². The van der Waals surface area contributed by atoms with Crippen LogP contribution in [0.3, 0.4) is 0 Å². The number of hydrogen-bond donors (Lipinski definition) is 1. The van der Waals surface area contributed by atoms with Crippen molar-refractivity contribution in [1.29, 1.82) is 0 Å². The number of para-hydroxylation sites is 1. The first-order valence-electron chi connectivity index (χ1n) is 8.61. The maximum atomic E-state index is 6.07. The van der Waals surface area contributed by atoms with Crippen LogP contribution in [0.2, 0.25) is 0 Å². The minimum Gasteiger partial charge on any atom is -0.493 e. The van der Waals surface area contributed by atoms with E-state index in [0.717, 1.165) is 52.6 Å². The van der Waals surface area contributed by atoms with Crippen LogP contribution in [0.25, 0.3) is 21.9 Å². The molecular weight excluding hydrogens is 298 g/mol. The molecule has 24 heavy (non-hydrogen) atoms. The van der Waals surface area contributed by atoms with E-state index in [1.165, 1.54) is 0 Å². The first-order valence-corrected chi connectivity index (χ1v) is 8.61. The minimum absolute atomic E-state index is 0.509. The number of hydrogen-bond acceptors (Lipinski definition) is 3. The highest BCUT2D eigenvalue weighted by Gasteiger charge is 2.14. The summed E-state index contributed by atoms with van der Waals surface area (Å²) in [6.07, 6.45) is 3.67. The van der Waals surface area contributed by atoms with Crippen molar-refractivity contribution >= 4 is 21.9 Å². The van der Waals surface area contributed by atoms with Gasteiger partial charge in [-0.25, -0.2) is 0 Å². The van der Waals surface area contributed by atoms with E-state index in [9.17, 15) is 0 Å². The van der Waals surface area contributed by atoms with Crippen LogP contribution in [0.15, 0.2) is 53.5 Å². The maximum absolute atomic E-state index is 6.07. The number of rotatable bonds is 8. The second kappa shape index (κ2) is 7.54. The van der Waals surface area contributed by atoms with Gasteiger partial charge in [-0.15, -0.1) is 6.58 Å². The third-order valence-corrected chi connectivity index (χ3v) is 4.09. The van der Waals surface area contributed by atoms with Gasteiger partial charge in [0.1, 0.15) is 16.9 Å². The highest BCUT2D eigenvalue weighted by molar-refractivity contribution is 6.07. The molecule has 3 nitrogen and oxygen atoms in total. The summed E-state index contributed by atoms with van der Waals surface area (Å²) in [6, 6.07) is 12.7. The topological polar surface area (TPSA) is 34.4 Å². The molecule has 0 bridgehead atoms. The van der Waals surface area contributed by atoms with Crippen LogP contribution in [0.4, 0.5) is 0 Å². The third kappa shape index (κ3) is 3.46. The SMILES string of the molecule is C=CCc1c(OCCCNC(C)C)ccc2oc3ccccc3c12. The summed E-state index contributed by atoms with van der Waals surface area (Å²) in [4.78, 5) is 0. The number of furan rings is 1. The molecule has 0 spiro atoms. The van der Waals surface area contributed by atoms with Gasteiger partial charge in [0.15, 0.2) is 0 Å². The molecule has 1 aromatic heterocycles. The summed E-state index contributed by atoms with van der Waals surface area (Å²) < 4.78 is 12.0. The molecule has 126 valence electrons. The summed E-state index contributed by atoms with van der Waals surface area (Å²) in [5.74, 6) is 0.929. The Morgan fingerprint density at radius 2 is 2.00 bits per heavy atom. The Hall–Kier alpha value is -2.26. The lowest BCUT2D eigenvalue weighted by Gasteiger charge is -2.12. The number of benzene rings is 2. The van der Waals surface area contributed by atoms with Crippen LogP contribution in [-0.4, -0.2) is 19.2 Å². The zero-order valence-corrected chi connectivity index (χ0v) is 14.5. The Labute approximate surface area is 143 Å². The van der Waals surface area contributed by atoms with Gasteiger partial charge in [-0.2, -0.15) is 0 Å². The van der Waals surface area contributed by atoms with Gasteiger partial charge in [0, 0.05) is 22.4 Å². The Morgan fingerprint density at radius 1 is 1.17 bits per heavy atom. The summed E-state index contributed by atoms with van der Waals surface area (Å²) in [7, 11) is 0. The molecule has 0 amide bonds. The molecule has 0 fully saturated rings. The van der Waals surface area contributed by atoms with Crippen molar-refractivity contribution in [2.45, 2.75) is 32.7 Å². The molecule has 0 aliphatic carbocycles. The zero-order valence-electron chi connectivity index (χ0n) is 14.5. The molecule has 3 rings (SSSR count). The van der Waals surface area contributed by atoms with Crippen LogP contribution in [0.5, 0.6) is 5.75 Å². The number of nitrogens with one attached hydrogen (secondary N) is 1. The first-order chi connectivity index (χ1) is 11.7. The average molecular weight is 323 g/mol. The van der Waals surface area contributed by atoms with Crippen LogP contribution in [0.1, 0.15) is 25.8 Å². The van der Waals surface area contributed by atoms with Crippen molar-refractivity contribution in [1.82, 2.24) is 5.32 Å². The number of fused-ring (bicyclic) bond motifs is 3. The molecule has 0 aliphatic heterocycles. The molecule has 3 aromatic rings. The molecular formula is C21H25NO2. The van der Waals surface area contributed by atoms with Gasteiger partial charge in [-0.05, 0) is 37.6 Å². The van der Waals surface area contributed by atoms with E-state index in [2.05, 4.69) is 31.8 Å². The quantitative estimate of drug-likeness (QED) is 0.463. The van der Waals surface area contributed by atoms with Crippen molar-refractivity contribution in [3.63, 3.8) is 0 Å². The fourth-order valence-electron chi connectivity index (χ4n) is 3.00. The van der Waals surface area contributed by atoms with Crippen LogP contribution in [0, 0.1) is 0 Å². The van der Waals surface area contributed by atoms with E-state index in [1.807, 2.05) is 36.4 Å². The van der Waals surface area contributed by atoms with Crippen LogP contribution in [-0.2, 0) is 6.42 Å². The lowest BCUT2D eigenvalue weighted by molar-refractivity contribution is 0.304. The summed E-state index contributed by atoms with van der Waals surface area (Å²) in [6.45, 7) is 9.87. The van der Waals surface area contributed by atoms with Gasteiger partial charge < -0.3 is 14.5 Å². The van der Waals surface area contributed by atoms with E-state index in [-0.39, 0.29) is 0 Å². The van der Waals surface area contributed by atoms with E-state index in [1.54, 1.807) is 0 Å². The molecule has 0 saturated heterocycles. The average Bonchev–Trinajstić information content (AvgIpc) is 2.95. The largest absolute Gasteiger partial charge is 0.493 e. The first kappa shape index (κ1) is 16.6. The number of allylic oxidation sites excluding steroid dienone is 1. The fraction of sp³-hybridized carbons (Fsp3) is 0.333. The highest BCUT2D eigenvalue weighted by Crippen LogP contribution is 2.36. The van der Waals surface area contributed by atoms with E-state index in [0.29, 0.717) is 12.6 Å². The van der Waals surface area contributed by atoms with Crippen molar-refractivity contribution < 1.29 is 9.15 Å². The van der Waals surface area contributed by atoms with Gasteiger partial charge >= 0.3 is 0 Å². The second-order valence-corrected chi connectivity index (χ2v) is 6.32. The second-order valence-electron chi connectivity index (χ2n) is 6.32. The van der Waals surface area contributed by atoms with Crippen LogP contribution < -0.4 is 10.1 Å². The van der Waals surface area contributed by atoms with Gasteiger partial charge in [0.2, 0.25) is 0 Å². The third-order valence-electron chi connectivity index (χ3n) is 4.09. The number of ether oxygens (including phenoxy) is 1. The Kier molecular flexibility index (Phi) is 5.21. The molecule has 0 unspecified atom stereocenters. The van der Waals surface area contributed by atoms with Crippen molar-refractivity contribution in [3.05, 3.63) is 54.6 Å². The van der Waals surface area contributed by atoms with Crippen molar-refractivity contribution in [2.24, 2.45) is 0 Å². The normalized spacial score (nSPS) is 11.5. The molecule has 2 aromatic carbocycles.